The highest BCUT2D eigenvalue weighted by molar-refractivity contribution is 5.75. The Morgan fingerprint density at radius 3 is 2.56 bits per heavy atom. The van der Waals surface area contributed by atoms with Crippen molar-refractivity contribution in [1.29, 1.82) is 0 Å². The highest BCUT2D eigenvalue weighted by atomic mass is 16.2. The van der Waals surface area contributed by atoms with Crippen molar-refractivity contribution >= 4 is 6.03 Å². The SMILES string of the molecule is CC(C)C1N=NC(=O)N1. The van der Waals surface area contributed by atoms with Crippen molar-refractivity contribution in [3.8, 4) is 0 Å². The first-order valence-corrected chi connectivity index (χ1v) is 2.91. The summed E-state index contributed by atoms with van der Waals surface area (Å²) in [7, 11) is 0. The number of amides is 2. The molecular weight excluding hydrogens is 118 g/mol. The van der Waals surface area contributed by atoms with E-state index in [1.807, 2.05) is 13.8 Å². The van der Waals surface area contributed by atoms with Gasteiger partial charge >= 0.3 is 6.03 Å². The third-order valence-electron chi connectivity index (χ3n) is 1.18. The maximum atomic E-state index is 10.4. The lowest BCUT2D eigenvalue weighted by Gasteiger charge is -2.07. The molecule has 0 spiro atoms. The van der Waals surface area contributed by atoms with Crippen LogP contribution < -0.4 is 5.32 Å². The second-order valence-corrected chi connectivity index (χ2v) is 2.35. The minimum atomic E-state index is -0.325. The van der Waals surface area contributed by atoms with Gasteiger partial charge in [0.1, 0.15) is 6.17 Å². The summed E-state index contributed by atoms with van der Waals surface area (Å²) in [4.78, 5) is 10.4. The quantitative estimate of drug-likeness (QED) is 0.564. The molecule has 1 heterocycles. The summed E-state index contributed by atoms with van der Waals surface area (Å²) in [6, 6.07) is -0.325. The maximum Gasteiger partial charge on any atom is 0.361 e. The number of rotatable bonds is 1. The van der Waals surface area contributed by atoms with Crippen LogP contribution in [-0.2, 0) is 0 Å². The molecule has 1 aliphatic rings. The number of azo groups is 1. The second-order valence-electron chi connectivity index (χ2n) is 2.35. The van der Waals surface area contributed by atoms with Gasteiger partial charge in [-0.25, -0.2) is 4.79 Å². The van der Waals surface area contributed by atoms with Gasteiger partial charge in [-0.05, 0) is 5.92 Å². The van der Waals surface area contributed by atoms with Crippen molar-refractivity contribution in [3.05, 3.63) is 0 Å². The van der Waals surface area contributed by atoms with Crippen LogP contribution in [0.1, 0.15) is 13.8 Å². The molecule has 1 rings (SSSR count). The van der Waals surface area contributed by atoms with Crippen LogP contribution in [0, 0.1) is 5.92 Å². The maximum absolute atomic E-state index is 10.4. The van der Waals surface area contributed by atoms with E-state index in [9.17, 15) is 4.79 Å². The molecule has 4 nitrogen and oxygen atoms in total. The zero-order chi connectivity index (χ0) is 6.85. The first-order valence-electron chi connectivity index (χ1n) is 2.91. The normalized spacial score (nSPS) is 25.2. The lowest BCUT2D eigenvalue weighted by molar-refractivity contribution is 0.248. The van der Waals surface area contributed by atoms with Crippen LogP contribution in [0.2, 0.25) is 0 Å². The van der Waals surface area contributed by atoms with Gasteiger partial charge in [-0.3, -0.25) is 0 Å². The molecule has 0 saturated carbocycles. The van der Waals surface area contributed by atoms with Gasteiger partial charge in [0.25, 0.3) is 0 Å². The van der Waals surface area contributed by atoms with Crippen LogP contribution in [0.25, 0.3) is 0 Å². The Bertz CT molecular complexity index is 152. The lowest BCUT2D eigenvalue weighted by atomic mass is 10.2. The van der Waals surface area contributed by atoms with Crippen LogP contribution in [-0.4, -0.2) is 12.2 Å². The van der Waals surface area contributed by atoms with Crippen LogP contribution in [0.15, 0.2) is 10.2 Å². The van der Waals surface area contributed by atoms with Crippen LogP contribution in [0.3, 0.4) is 0 Å². The molecule has 1 atom stereocenters. The van der Waals surface area contributed by atoms with Crippen LogP contribution in [0.5, 0.6) is 0 Å². The van der Waals surface area contributed by atoms with Crippen molar-refractivity contribution in [2.24, 2.45) is 16.1 Å². The third-order valence-corrected chi connectivity index (χ3v) is 1.18. The summed E-state index contributed by atoms with van der Waals surface area (Å²) in [5.41, 5.74) is 0. The largest absolute Gasteiger partial charge is 0.361 e. The first-order chi connectivity index (χ1) is 4.20. The van der Waals surface area contributed by atoms with Gasteiger partial charge in [-0.1, -0.05) is 19.0 Å². The topological polar surface area (TPSA) is 53.8 Å². The summed E-state index contributed by atoms with van der Waals surface area (Å²) in [6.07, 6.45) is -0.0995. The fourth-order valence-corrected chi connectivity index (χ4v) is 0.599. The molecule has 1 aliphatic heterocycles. The van der Waals surface area contributed by atoms with Crippen molar-refractivity contribution in [3.63, 3.8) is 0 Å². The molecule has 0 bridgehead atoms. The molecule has 2 amide bonds. The molecule has 1 N–H and O–H groups in total. The Morgan fingerprint density at radius 2 is 2.33 bits per heavy atom. The highest BCUT2D eigenvalue weighted by Gasteiger charge is 2.19. The van der Waals surface area contributed by atoms with Crippen LogP contribution >= 0.6 is 0 Å². The Kier molecular flexibility index (Phi) is 1.46. The summed E-state index contributed by atoms with van der Waals surface area (Å²) < 4.78 is 0. The molecule has 0 fully saturated rings. The number of nitrogens with zero attached hydrogens (tertiary/aromatic N) is 2. The van der Waals surface area contributed by atoms with Gasteiger partial charge in [0, 0.05) is 0 Å². The predicted molar refractivity (Wildman–Crippen MR) is 32.0 cm³/mol. The molecular formula is C5H9N3O. The second kappa shape index (κ2) is 2.13. The number of nitrogens with one attached hydrogen (secondary N) is 1. The summed E-state index contributed by atoms with van der Waals surface area (Å²) in [6.45, 7) is 3.96. The molecule has 0 aliphatic carbocycles. The predicted octanol–water partition coefficient (Wildman–Crippen LogP) is 1.14. The number of carbonyl (C=O) groups is 1. The van der Waals surface area contributed by atoms with Gasteiger partial charge in [0.05, 0.1) is 0 Å². The van der Waals surface area contributed by atoms with Crippen LogP contribution in [0.4, 0.5) is 4.79 Å². The Balaban J connectivity index is 2.50. The molecule has 0 saturated heterocycles. The Hall–Kier alpha value is -0.930. The monoisotopic (exact) mass is 127 g/mol. The molecule has 9 heavy (non-hydrogen) atoms. The van der Waals surface area contributed by atoms with Gasteiger partial charge in [0.2, 0.25) is 0 Å². The Morgan fingerprint density at radius 1 is 1.67 bits per heavy atom. The minimum absolute atomic E-state index is 0.0995. The van der Waals surface area contributed by atoms with E-state index < -0.39 is 0 Å². The number of hydrogen-bond acceptors (Lipinski definition) is 2. The fraction of sp³-hybridized carbons (Fsp3) is 0.800. The van der Waals surface area contributed by atoms with E-state index in [1.165, 1.54) is 0 Å². The van der Waals surface area contributed by atoms with Gasteiger partial charge in [-0.15, -0.1) is 0 Å². The van der Waals surface area contributed by atoms with Gasteiger partial charge in [-0.2, -0.15) is 5.11 Å². The first kappa shape index (κ1) is 6.19. The standard InChI is InChI=1S/C5H9N3O/c1-3(2)4-6-5(9)8-7-4/h3-4H,1-2H3,(H,6,9). The van der Waals surface area contributed by atoms with E-state index in [2.05, 4.69) is 15.5 Å². The Labute approximate surface area is 53.4 Å². The molecule has 50 valence electrons. The number of urea groups is 1. The zero-order valence-corrected chi connectivity index (χ0v) is 5.46. The smallest absolute Gasteiger partial charge is 0.311 e. The molecule has 0 aromatic heterocycles. The molecule has 0 aromatic rings. The van der Waals surface area contributed by atoms with E-state index in [0.717, 1.165) is 0 Å². The van der Waals surface area contributed by atoms with E-state index in [0.29, 0.717) is 5.92 Å². The van der Waals surface area contributed by atoms with Crippen molar-refractivity contribution in [1.82, 2.24) is 5.32 Å². The van der Waals surface area contributed by atoms with Crippen molar-refractivity contribution in [2.45, 2.75) is 20.0 Å². The van der Waals surface area contributed by atoms with Crippen molar-refractivity contribution in [2.75, 3.05) is 0 Å². The molecule has 0 radical (unpaired) electrons. The minimum Gasteiger partial charge on any atom is -0.311 e. The molecule has 4 heteroatoms. The van der Waals surface area contributed by atoms with Gasteiger partial charge in [0.15, 0.2) is 0 Å². The zero-order valence-electron chi connectivity index (χ0n) is 5.46. The average molecular weight is 127 g/mol. The average Bonchev–Trinajstić information content (AvgIpc) is 2.14. The van der Waals surface area contributed by atoms with E-state index in [-0.39, 0.29) is 12.2 Å². The number of hydrogen-bond donors (Lipinski definition) is 1. The van der Waals surface area contributed by atoms with E-state index >= 15 is 0 Å². The molecule has 1 unspecified atom stereocenters. The highest BCUT2D eigenvalue weighted by Crippen LogP contribution is 2.08. The summed E-state index contributed by atoms with van der Waals surface area (Å²) in [5.74, 6) is 0.334. The number of carbonyl (C=O) groups excluding carboxylic acids is 1. The fourth-order valence-electron chi connectivity index (χ4n) is 0.599. The molecule has 0 aromatic carbocycles. The van der Waals surface area contributed by atoms with Gasteiger partial charge < -0.3 is 5.32 Å². The van der Waals surface area contributed by atoms with E-state index in [1.54, 1.807) is 0 Å². The summed E-state index contributed by atoms with van der Waals surface area (Å²) >= 11 is 0. The lowest BCUT2D eigenvalue weighted by Crippen LogP contribution is -2.29. The third kappa shape index (κ3) is 1.25. The summed E-state index contributed by atoms with van der Waals surface area (Å²) in [5, 5.41) is 9.58. The van der Waals surface area contributed by atoms with E-state index in [4.69, 9.17) is 0 Å². The van der Waals surface area contributed by atoms with Crippen molar-refractivity contribution < 1.29 is 4.79 Å².